The van der Waals surface area contributed by atoms with Gasteiger partial charge in [0.15, 0.2) is 0 Å². The Hall–Kier alpha value is -1.82. The van der Waals surface area contributed by atoms with Crippen LogP contribution >= 0.6 is 0 Å². The monoisotopic (exact) mass is 732 g/mol. The van der Waals surface area contributed by atoms with Crippen molar-refractivity contribution in [2.45, 2.75) is 169 Å². The van der Waals surface area contributed by atoms with Gasteiger partial charge in [-0.15, -0.1) is 0 Å². The summed E-state index contributed by atoms with van der Waals surface area (Å²) < 4.78 is 1.58. The Morgan fingerprint density at radius 3 is 1.09 bits per heavy atom. The predicted octanol–water partition coefficient (Wildman–Crippen LogP) is 14.7. The van der Waals surface area contributed by atoms with Crippen molar-refractivity contribution >= 4 is 11.4 Å². The quantitative estimate of drug-likeness (QED) is 0.0444. The molecule has 3 rings (SSSR count). The third kappa shape index (κ3) is 15.1. The minimum atomic E-state index is 0. The molecule has 0 amide bonds. The number of hydrogen-bond acceptors (Lipinski definition) is 0. The molecule has 0 unspecified atom stereocenters. The topological polar surface area (TPSA) is 25.3 Å². The van der Waals surface area contributed by atoms with Crippen LogP contribution in [0.15, 0.2) is 59.7 Å². The summed E-state index contributed by atoms with van der Waals surface area (Å²) in [5, 5.41) is 0. The molecule has 0 atom stereocenters. The molecule has 2 aromatic carbocycles. The van der Waals surface area contributed by atoms with Crippen LogP contribution in [0.2, 0.25) is 0 Å². The van der Waals surface area contributed by atoms with Gasteiger partial charge in [-0.1, -0.05) is 142 Å². The average molecular weight is 733 g/mol. The van der Waals surface area contributed by atoms with Gasteiger partial charge in [0.2, 0.25) is 11.4 Å². The molecule has 0 saturated heterocycles. The van der Waals surface area contributed by atoms with E-state index in [0.29, 0.717) is 0 Å². The Morgan fingerprint density at radius 1 is 0.404 bits per heavy atom. The van der Waals surface area contributed by atoms with Crippen LogP contribution in [0.1, 0.15) is 178 Å². The first-order chi connectivity index (χ1) is 21.6. The first-order valence-corrected chi connectivity index (χ1v) is 18.8. The molecule has 3 heteroatoms. The van der Waals surface area contributed by atoms with Crippen LogP contribution < -0.4 is 0 Å². The minimum Gasteiger partial charge on any atom is -0.493 e. The molecular formula is C44H70N2Pd. The first kappa shape index (κ1) is 45.2. The van der Waals surface area contributed by atoms with Gasteiger partial charge in [0.1, 0.15) is 0 Å². The number of unbranched alkanes of at least 4 members (excludes halogenated alkanes) is 14. The van der Waals surface area contributed by atoms with Gasteiger partial charge < -0.3 is 20.4 Å². The third-order valence-corrected chi connectivity index (χ3v) is 9.51. The Labute approximate surface area is 306 Å². The Morgan fingerprint density at radius 2 is 0.702 bits per heavy atom. The van der Waals surface area contributed by atoms with E-state index in [9.17, 15) is 5.53 Å². The molecular weight excluding hydrogens is 663 g/mol. The van der Waals surface area contributed by atoms with Gasteiger partial charge in [-0.05, 0) is 86.8 Å². The largest absolute Gasteiger partial charge is 2.00 e. The summed E-state index contributed by atoms with van der Waals surface area (Å²) in [6, 6.07) is 18.2. The number of aryl methyl sites for hydroxylation is 2. The Balaban J connectivity index is 0.00000705. The van der Waals surface area contributed by atoms with Gasteiger partial charge in [-0.2, -0.15) is 0 Å². The zero-order valence-electron chi connectivity index (χ0n) is 31.4. The molecule has 2 aromatic rings. The average Bonchev–Trinajstić information content (AvgIpc) is 3.32. The van der Waals surface area contributed by atoms with Crippen LogP contribution in [-0.2, 0) is 33.3 Å². The van der Waals surface area contributed by atoms with E-state index in [-0.39, 0.29) is 35.3 Å². The van der Waals surface area contributed by atoms with E-state index in [1.807, 2.05) is 0 Å². The molecule has 0 spiro atoms. The van der Waals surface area contributed by atoms with Gasteiger partial charge in [0, 0.05) is 22.3 Å². The van der Waals surface area contributed by atoms with Crippen molar-refractivity contribution in [3.63, 3.8) is 0 Å². The van der Waals surface area contributed by atoms with Crippen LogP contribution in [0.4, 0.5) is 0 Å². The number of rotatable bonds is 24. The van der Waals surface area contributed by atoms with E-state index in [1.54, 1.807) is 4.70 Å². The van der Waals surface area contributed by atoms with Crippen LogP contribution in [0.3, 0.4) is 0 Å². The molecule has 0 bridgehead atoms. The van der Waals surface area contributed by atoms with Crippen LogP contribution in [0.25, 0.3) is 16.9 Å². The summed E-state index contributed by atoms with van der Waals surface area (Å²) in [6.45, 7) is 9.11. The molecule has 0 saturated carbocycles. The van der Waals surface area contributed by atoms with Gasteiger partial charge in [-0.25, -0.2) is 4.70 Å². The normalized spacial score (nSPS) is 12.6. The molecule has 47 heavy (non-hydrogen) atoms. The summed E-state index contributed by atoms with van der Waals surface area (Å²) in [7, 11) is 0. The third-order valence-electron chi connectivity index (χ3n) is 9.51. The summed E-state index contributed by atoms with van der Waals surface area (Å²) in [5.74, 6) is 0. The predicted molar refractivity (Wildman–Crippen MR) is 206 cm³/mol. The summed E-state index contributed by atoms with van der Waals surface area (Å²) in [4.78, 5) is 0. The van der Waals surface area contributed by atoms with Crippen LogP contribution in [0, 0.1) is 14.9 Å². The molecule has 0 aliphatic carbocycles. The SMILES string of the molecule is CCCCCCCCC1=C(c2ccc(CCCC)cc2)[N+](=[N-])C(c2ccc(CCCCCC)cc2)=C1CCCCCCCC.[CH3-].[CH3-].[Pd+2]. The second-order valence-electron chi connectivity index (χ2n) is 13.3. The molecule has 266 valence electrons. The fourth-order valence-electron chi connectivity index (χ4n) is 6.74. The molecule has 0 fully saturated rings. The Bertz CT molecular complexity index is 1160. The second kappa shape index (κ2) is 27.1. The fourth-order valence-corrected chi connectivity index (χ4v) is 6.74. The molecule has 1 aliphatic heterocycles. The zero-order valence-corrected chi connectivity index (χ0v) is 32.9. The molecule has 0 N–H and O–H groups in total. The van der Waals surface area contributed by atoms with Gasteiger partial charge in [0.25, 0.3) is 0 Å². The molecule has 2 nitrogen and oxygen atoms in total. The smallest absolute Gasteiger partial charge is 0.493 e. The maximum absolute atomic E-state index is 12.0. The fraction of sp³-hybridized carbons (Fsp3) is 0.591. The zero-order chi connectivity index (χ0) is 31.4. The van der Waals surface area contributed by atoms with Crippen molar-refractivity contribution in [2.24, 2.45) is 0 Å². The maximum atomic E-state index is 12.0. The van der Waals surface area contributed by atoms with E-state index in [4.69, 9.17) is 0 Å². The van der Waals surface area contributed by atoms with Crippen LogP contribution in [0.5, 0.6) is 0 Å². The van der Waals surface area contributed by atoms with Crippen molar-refractivity contribution in [2.75, 3.05) is 0 Å². The van der Waals surface area contributed by atoms with Crippen molar-refractivity contribution in [3.8, 4) is 0 Å². The van der Waals surface area contributed by atoms with Crippen molar-refractivity contribution in [3.05, 3.63) is 102 Å². The maximum Gasteiger partial charge on any atom is 2.00 e. The van der Waals surface area contributed by atoms with E-state index in [2.05, 4.69) is 76.2 Å². The van der Waals surface area contributed by atoms with E-state index in [1.165, 1.54) is 138 Å². The number of benzene rings is 2. The molecule has 0 aromatic heterocycles. The van der Waals surface area contributed by atoms with E-state index >= 15 is 0 Å². The molecule has 0 radical (unpaired) electrons. The van der Waals surface area contributed by atoms with Crippen molar-refractivity contribution in [1.82, 2.24) is 0 Å². The number of hydrogen-bond donors (Lipinski definition) is 0. The standard InChI is InChI=1S/C42H64N2.2CH3.Pd/c1-5-9-13-16-18-21-25-39-40(26-22-19-17-14-10-6-2)42(38-33-29-36(30-34-38)24-20-15-11-7-3)44(43)41(39)37-31-27-35(28-32-37)23-12-8-4;;;/h27-34H,5-26H2,1-4H3;2*1H3;/q;2*-1;+2. The minimum absolute atomic E-state index is 0. The van der Waals surface area contributed by atoms with Gasteiger partial charge >= 0.3 is 20.4 Å². The van der Waals surface area contributed by atoms with E-state index < -0.39 is 0 Å². The first-order valence-electron chi connectivity index (χ1n) is 18.8. The molecule has 1 heterocycles. The number of nitrogens with zero attached hydrogens (tertiary/aromatic N) is 2. The molecule has 1 aliphatic rings. The summed E-state index contributed by atoms with van der Waals surface area (Å²) in [6.07, 6.45) is 27.4. The van der Waals surface area contributed by atoms with Gasteiger partial charge in [0.05, 0.1) is 0 Å². The summed E-state index contributed by atoms with van der Waals surface area (Å²) in [5.41, 5.74) is 22.0. The number of allylic oxidation sites excluding steroid dienone is 2. The Kier molecular flexibility index (Phi) is 26.0. The van der Waals surface area contributed by atoms with Crippen molar-refractivity contribution in [1.29, 1.82) is 0 Å². The second-order valence-corrected chi connectivity index (χ2v) is 13.3. The summed E-state index contributed by atoms with van der Waals surface area (Å²) >= 11 is 0. The van der Waals surface area contributed by atoms with Crippen LogP contribution in [-0.4, -0.2) is 4.70 Å². The van der Waals surface area contributed by atoms with Gasteiger partial charge in [-0.3, -0.25) is 0 Å². The van der Waals surface area contributed by atoms with Crippen molar-refractivity contribution < 1.29 is 25.1 Å². The van der Waals surface area contributed by atoms with E-state index in [0.717, 1.165) is 48.2 Å².